The number of aromatic nitrogens is 2. The molecule has 1 heterocycles. The number of anilines is 1. The third-order valence-electron chi connectivity index (χ3n) is 3.36. The van der Waals surface area contributed by atoms with Gasteiger partial charge in [0.15, 0.2) is 0 Å². The molecule has 1 saturated carbocycles. The van der Waals surface area contributed by atoms with Crippen molar-refractivity contribution in [3.05, 3.63) is 21.0 Å². The van der Waals surface area contributed by atoms with Crippen molar-refractivity contribution >= 4 is 21.6 Å². The van der Waals surface area contributed by atoms with E-state index in [2.05, 4.69) is 31.2 Å². The van der Waals surface area contributed by atoms with Crippen molar-refractivity contribution in [3.8, 4) is 0 Å². The van der Waals surface area contributed by atoms with Crippen LogP contribution in [0.15, 0.2) is 15.5 Å². The van der Waals surface area contributed by atoms with Gasteiger partial charge in [0.05, 0.1) is 25.1 Å². The van der Waals surface area contributed by atoms with Gasteiger partial charge in [-0.05, 0) is 48.8 Å². The van der Waals surface area contributed by atoms with Crippen LogP contribution in [-0.2, 0) is 11.3 Å². The fraction of sp³-hybridized carbons (Fsp3) is 0.714. The van der Waals surface area contributed by atoms with Crippen molar-refractivity contribution < 1.29 is 4.74 Å². The minimum Gasteiger partial charge on any atom is -0.380 e. The Bertz CT molecular complexity index is 514. The van der Waals surface area contributed by atoms with E-state index < -0.39 is 0 Å². The van der Waals surface area contributed by atoms with Crippen molar-refractivity contribution in [2.24, 2.45) is 5.92 Å². The molecule has 0 spiro atoms. The highest BCUT2D eigenvalue weighted by atomic mass is 79.9. The summed E-state index contributed by atoms with van der Waals surface area (Å²) in [7, 11) is 4.03. The molecule has 7 heteroatoms. The predicted molar refractivity (Wildman–Crippen MR) is 86.8 cm³/mol. The molecule has 0 aromatic carbocycles. The van der Waals surface area contributed by atoms with E-state index >= 15 is 0 Å². The molecule has 0 aliphatic heterocycles. The maximum absolute atomic E-state index is 12.1. The van der Waals surface area contributed by atoms with Crippen molar-refractivity contribution in [1.82, 2.24) is 14.7 Å². The van der Waals surface area contributed by atoms with Gasteiger partial charge >= 0.3 is 0 Å². The van der Waals surface area contributed by atoms with E-state index in [1.54, 1.807) is 10.9 Å². The summed E-state index contributed by atoms with van der Waals surface area (Å²) in [5.74, 6) is 0.631. The first kappa shape index (κ1) is 16.5. The number of ether oxygens (including phenoxy) is 1. The summed E-state index contributed by atoms with van der Waals surface area (Å²) in [6.07, 6.45) is 4.11. The van der Waals surface area contributed by atoms with Gasteiger partial charge < -0.3 is 15.0 Å². The summed E-state index contributed by atoms with van der Waals surface area (Å²) >= 11 is 3.36. The Morgan fingerprint density at radius 2 is 2.24 bits per heavy atom. The fourth-order valence-electron chi connectivity index (χ4n) is 1.87. The zero-order valence-electron chi connectivity index (χ0n) is 12.6. The average Bonchev–Trinajstić information content (AvgIpc) is 3.25. The Kier molecular flexibility index (Phi) is 6.20. The molecule has 0 bridgehead atoms. The molecule has 1 aliphatic carbocycles. The molecule has 1 aliphatic rings. The molecule has 6 nitrogen and oxygen atoms in total. The molecule has 1 N–H and O–H groups in total. The Labute approximate surface area is 133 Å². The lowest BCUT2D eigenvalue weighted by atomic mass is 10.4. The van der Waals surface area contributed by atoms with Crippen LogP contribution >= 0.6 is 15.9 Å². The largest absolute Gasteiger partial charge is 0.380 e. The molecular formula is C14H23BrN4O2. The van der Waals surface area contributed by atoms with Crippen LogP contribution in [0.4, 0.5) is 5.69 Å². The molecule has 0 amide bonds. The van der Waals surface area contributed by atoms with Crippen LogP contribution in [0.5, 0.6) is 0 Å². The number of halogens is 1. The molecule has 0 atom stereocenters. The molecule has 118 valence electrons. The van der Waals surface area contributed by atoms with Crippen molar-refractivity contribution in [1.29, 1.82) is 0 Å². The number of rotatable bonds is 9. The van der Waals surface area contributed by atoms with E-state index in [9.17, 15) is 4.79 Å². The van der Waals surface area contributed by atoms with E-state index in [1.807, 2.05) is 14.1 Å². The van der Waals surface area contributed by atoms with Crippen LogP contribution in [0.25, 0.3) is 0 Å². The third-order valence-corrected chi connectivity index (χ3v) is 4.12. The van der Waals surface area contributed by atoms with Crippen LogP contribution in [-0.4, -0.2) is 55.1 Å². The van der Waals surface area contributed by atoms with Crippen LogP contribution in [0.1, 0.15) is 12.8 Å². The quantitative estimate of drug-likeness (QED) is 0.676. The summed E-state index contributed by atoms with van der Waals surface area (Å²) in [6, 6.07) is 0. The van der Waals surface area contributed by atoms with Crippen LogP contribution in [0.2, 0.25) is 0 Å². The number of hydrogen-bond donors (Lipinski definition) is 1. The first-order valence-corrected chi connectivity index (χ1v) is 8.09. The molecule has 1 aromatic heterocycles. The van der Waals surface area contributed by atoms with E-state index in [0.717, 1.165) is 18.8 Å². The Morgan fingerprint density at radius 3 is 2.90 bits per heavy atom. The first-order chi connectivity index (χ1) is 10.1. The summed E-state index contributed by atoms with van der Waals surface area (Å²) in [5, 5.41) is 7.40. The molecule has 0 radical (unpaired) electrons. The van der Waals surface area contributed by atoms with Gasteiger partial charge in [-0.25, -0.2) is 4.68 Å². The monoisotopic (exact) mass is 358 g/mol. The molecule has 1 fully saturated rings. The van der Waals surface area contributed by atoms with Gasteiger partial charge in [0.2, 0.25) is 0 Å². The second-order valence-electron chi connectivity index (χ2n) is 5.65. The number of nitrogens with one attached hydrogen (secondary N) is 1. The lowest BCUT2D eigenvalue weighted by Gasteiger charge is -2.12. The summed E-state index contributed by atoms with van der Waals surface area (Å²) in [4.78, 5) is 14.2. The SMILES string of the molecule is CN(C)CCOCCNc1cnn(CC2CC2)c(=O)c1Br. The van der Waals surface area contributed by atoms with Crippen molar-refractivity contribution in [3.63, 3.8) is 0 Å². The first-order valence-electron chi connectivity index (χ1n) is 7.30. The highest BCUT2D eigenvalue weighted by Crippen LogP contribution is 2.30. The minimum atomic E-state index is -0.0690. The van der Waals surface area contributed by atoms with Gasteiger partial charge in [-0.3, -0.25) is 4.79 Å². The minimum absolute atomic E-state index is 0.0690. The Morgan fingerprint density at radius 1 is 1.48 bits per heavy atom. The van der Waals surface area contributed by atoms with Gasteiger partial charge in [0.25, 0.3) is 5.56 Å². The number of likely N-dealkylation sites (N-methyl/N-ethyl adjacent to an activating group) is 1. The molecular weight excluding hydrogens is 336 g/mol. The summed E-state index contributed by atoms with van der Waals surface area (Å²) in [5.41, 5.74) is 0.656. The molecule has 0 unspecified atom stereocenters. The van der Waals surface area contributed by atoms with Crippen molar-refractivity contribution in [2.75, 3.05) is 45.7 Å². The van der Waals surface area contributed by atoms with E-state index in [-0.39, 0.29) is 5.56 Å². The molecule has 0 saturated heterocycles. The Hall–Kier alpha value is -0.920. The highest BCUT2D eigenvalue weighted by molar-refractivity contribution is 9.10. The lowest BCUT2D eigenvalue weighted by Crippen LogP contribution is -2.26. The molecule has 1 aromatic rings. The van der Waals surface area contributed by atoms with Gasteiger partial charge in [0, 0.05) is 19.6 Å². The van der Waals surface area contributed by atoms with E-state index in [1.165, 1.54) is 12.8 Å². The normalized spacial score (nSPS) is 14.7. The average molecular weight is 359 g/mol. The third kappa shape index (κ3) is 5.41. The van der Waals surface area contributed by atoms with Gasteiger partial charge in [-0.2, -0.15) is 5.10 Å². The van der Waals surface area contributed by atoms with Crippen LogP contribution in [0, 0.1) is 5.92 Å². The predicted octanol–water partition coefficient (Wildman–Crippen LogP) is 1.41. The standard InChI is InChI=1S/C14H23BrN4O2/c1-18(2)6-8-21-7-5-16-12-9-17-19(10-11-3-4-11)14(20)13(12)15/h9,11,16H,3-8,10H2,1-2H3. The second-order valence-corrected chi connectivity index (χ2v) is 6.44. The number of hydrogen-bond acceptors (Lipinski definition) is 5. The molecule has 21 heavy (non-hydrogen) atoms. The maximum Gasteiger partial charge on any atom is 0.283 e. The van der Waals surface area contributed by atoms with Gasteiger partial charge in [-0.15, -0.1) is 0 Å². The smallest absolute Gasteiger partial charge is 0.283 e. The number of nitrogens with zero attached hydrogens (tertiary/aromatic N) is 3. The van der Waals surface area contributed by atoms with Gasteiger partial charge in [0.1, 0.15) is 4.47 Å². The topological polar surface area (TPSA) is 59.4 Å². The summed E-state index contributed by atoms with van der Waals surface area (Å²) < 4.78 is 7.59. The lowest BCUT2D eigenvalue weighted by molar-refractivity contribution is 0.126. The fourth-order valence-corrected chi connectivity index (χ4v) is 2.32. The molecule has 2 rings (SSSR count). The van der Waals surface area contributed by atoms with Crippen LogP contribution in [0.3, 0.4) is 0 Å². The van der Waals surface area contributed by atoms with Crippen molar-refractivity contribution in [2.45, 2.75) is 19.4 Å². The van der Waals surface area contributed by atoms with Gasteiger partial charge in [-0.1, -0.05) is 0 Å². The zero-order valence-corrected chi connectivity index (χ0v) is 14.2. The zero-order chi connectivity index (χ0) is 15.2. The summed E-state index contributed by atoms with van der Waals surface area (Å²) in [6.45, 7) is 3.59. The second kappa shape index (κ2) is 7.91. The van der Waals surface area contributed by atoms with Crippen LogP contribution < -0.4 is 10.9 Å². The Balaban J connectivity index is 1.78. The van der Waals surface area contributed by atoms with E-state index in [0.29, 0.717) is 30.1 Å². The highest BCUT2D eigenvalue weighted by Gasteiger charge is 2.23. The van der Waals surface area contributed by atoms with E-state index in [4.69, 9.17) is 4.74 Å². The maximum atomic E-state index is 12.1.